The standard InChI is InChI=1S/C17H28N2/c1-5-18-11-16-10-14(4)6-7-17(16)19-9-8-15(12-19)13(2)3/h6-7,10,13,15,18H,5,8-9,11-12H2,1-4H3. The van der Waals surface area contributed by atoms with Crippen LogP contribution in [0.4, 0.5) is 5.69 Å². The summed E-state index contributed by atoms with van der Waals surface area (Å²) in [5, 5.41) is 3.46. The molecular formula is C17H28N2. The zero-order chi connectivity index (χ0) is 13.8. The van der Waals surface area contributed by atoms with Crippen molar-refractivity contribution < 1.29 is 0 Å². The van der Waals surface area contributed by atoms with Crippen molar-refractivity contribution in [3.63, 3.8) is 0 Å². The topological polar surface area (TPSA) is 15.3 Å². The van der Waals surface area contributed by atoms with Crippen LogP contribution in [0.15, 0.2) is 18.2 Å². The minimum atomic E-state index is 0.799. The summed E-state index contributed by atoms with van der Waals surface area (Å²) in [4.78, 5) is 2.58. The van der Waals surface area contributed by atoms with Gasteiger partial charge in [0.2, 0.25) is 0 Å². The van der Waals surface area contributed by atoms with Crippen LogP contribution in [-0.2, 0) is 6.54 Å². The molecule has 1 heterocycles. The van der Waals surface area contributed by atoms with E-state index in [2.05, 4.69) is 56.1 Å². The van der Waals surface area contributed by atoms with E-state index in [1.807, 2.05) is 0 Å². The number of benzene rings is 1. The number of nitrogens with one attached hydrogen (secondary N) is 1. The van der Waals surface area contributed by atoms with Gasteiger partial charge in [-0.2, -0.15) is 0 Å². The first-order valence-corrected chi connectivity index (χ1v) is 7.67. The van der Waals surface area contributed by atoms with Gasteiger partial charge < -0.3 is 10.2 Å². The van der Waals surface area contributed by atoms with Gasteiger partial charge in [-0.3, -0.25) is 0 Å². The first-order valence-electron chi connectivity index (χ1n) is 7.67. The molecule has 106 valence electrons. The van der Waals surface area contributed by atoms with Crippen LogP contribution in [0.2, 0.25) is 0 Å². The lowest BCUT2D eigenvalue weighted by molar-refractivity contribution is 0.422. The Kier molecular flexibility index (Phi) is 4.87. The molecule has 1 unspecified atom stereocenters. The lowest BCUT2D eigenvalue weighted by atomic mass is 9.95. The van der Waals surface area contributed by atoms with Gasteiger partial charge in [-0.15, -0.1) is 0 Å². The van der Waals surface area contributed by atoms with Crippen molar-refractivity contribution in [2.75, 3.05) is 24.5 Å². The van der Waals surface area contributed by atoms with Crippen LogP contribution in [0.25, 0.3) is 0 Å². The molecule has 1 aliphatic heterocycles. The summed E-state index contributed by atoms with van der Waals surface area (Å²) in [7, 11) is 0. The summed E-state index contributed by atoms with van der Waals surface area (Å²) < 4.78 is 0. The lowest BCUT2D eigenvalue weighted by Gasteiger charge is -2.23. The monoisotopic (exact) mass is 260 g/mol. The van der Waals surface area contributed by atoms with Gasteiger partial charge in [0.05, 0.1) is 0 Å². The van der Waals surface area contributed by atoms with Crippen molar-refractivity contribution in [2.45, 2.75) is 40.7 Å². The van der Waals surface area contributed by atoms with Gasteiger partial charge in [-0.1, -0.05) is 38.5 Å². The fourth-order valence-electron chi connectivity index (χ4n) is 2.97. The smallest absolute Gasteiger partial charge is 0.0412 e. The fraction of sp³-hybridized carbons (Fsp3) is 0.647. The number of rotatable bonds is 5. The quantitative estimate of drug-likeness (QED) is 0.870. The zero-order valence-corrected chi connectivity index (χ0v) is 12.9. The Labute approximate surface area is 118 Å². The maximum atomic E-state index is 3.46. The molecule has 1 aromatic rings. The van der Waals surface area contributed by atoms with Crippen LogP contribution in [0.3, 0.4) is 0 Å². The maximum absolute atomic E-state index is 3.46. The molecule has 2 rings (SSSR count). The fourth-order valence-corrected chi connectivity index (χ4v) is 2.97. The Morgan fingerprint density at radius 3 is 2.79 bits per heavy atom. The second-order valence-corrected chi connectivity index (χ2v) is 6.15. The minimum Gasteiger partial charge on any atom is -0.371 e. The van der Waals surface area contributed by atoms with E-state index in [1.165, 1.54) is 36.3 Å². The molecule has 2 heteroatoms. The molecule has 1 saturated heterocycles. The van der Waals surface area contributed by atoms with Gasteiger partial charge in [-0.25, -0.2) is 0 Å². The lowest BCUT2D eigenvalue weighted by Crippen LogP contribution is -2.24. The SMILES string of the molecule is CCNCc1cc(C)ccc1N1CCC(C(C)C)C1. The van der Waals surface area contributed by atoms with Crippen molar-refractivity contribution in [1.29, 1.82) is 0 Å². The minimum absolute atomic E-state index is 0.799. The van der Waals surface area contributed by atoms with E-state index in [9.17, 15) is 0 Å². The van der Waals surface area contributed by atoms with E-state index in [0.29, 0.717) is 0 Å². The summed E-state index contributed by atoms with van der Waals surface area (Å²) in [6, 6.07) is 6.89. The molecule has 0 spiro atoms. The highest BCUT2D eigenvalue weighted by Crippen LogP contribution is 2.30. The van der Waals surface area contributed by atoms with E-state index in [0.717, 1.165) is 24.9 Å². The summed E-state index contributed by atoms with van der Waals surface area (Å²) in [6.45, 7) is 13.5. The van der Waals surface area contributed by atoms with Crippen molar-refractivity contribution in [1.82, 2.24) is 5.32 Å². The highest BCUT2D eigenvalue weighted by molar-refractivity contribution is 5.55. The average molecular weight is 260 g/mol. The third-order valence-electron chi connectivity index (χ3n) is 4.31. The van der Waals surface area contributed by atoms with Crippen LogP contribution < -0.4 is 10.2 Å². The van der Waals surface area contributed by atoms with Crippen LogP contribution in [-0.4, -0.2) is 19.6 Å². The van der Waals surface area contributed by atoms with Crippen LogP contribution >= 0.6 is 0 Å². The molecule has 0 amide bonds. The van der Waals surface area contributed by atoms with E-state index < -0.39 is 0 Å². The number of hydrogen-bond donors (Lipinski definition) is 1. The number of nitrogens with zero attached hydrogens (tertiary/aromatic N) is 1. The Hall–Kier alpha value is -1.02. The van der Waals surface area contributed by atoms with Gasteiger partial charge in [0.1, 0.15) is 0 Å². The van der Waals surface area contributed by atoms with Crippen molar-refractivity contribution >= 4 is 5.69 Å². The largest absolute Gasteiger partial charge is 0.371 e. The highest BCUT2D eigenvalue weighted by Gasteiger charge is 2.26. The summed E-state index contributed by atoms with van der Waals surface area (Å²) in [5.74, 6) is 1.65. The molecule has 0 bridgehead atoms. The molecule has 0 saturated carbocycles. The van der Waals surface area contributed by atoms with Crippen LogP contribution in [0.5, 0.6) is 0 Å². The van der Waals surface area contributed by atoms with Gasteiger partial charge in [0, 0.05) is 25.3 Å². The third kappa shape index (κ3) is 3.50. The number of hydrogen-bond acceptors (Lipinski definition) is 2. The molecule has 1 N–H and O–H groups in total. The summed E-state index contributed by atoms with van der Waals surface area (Å²) in [6.07, 6.45) is 1.34. The summed E-state index contributed by atoms with van der Waals surface area (Å²) >= 11 is 0. The molecule has 1 aromatic carbocycles. The van der Waals surface area contributed by atoms with Gasteiger partial charge in [0.15, 0.2) is 0 Å². The Morgan fingerprint density at radius 2 is 2.16 bits per heavy atom. The highest BCUT2D eigenvalue weighted by atomic mass is 15.2. The predicted octanol–water partition coefficient (Wildman–Crippen LogP) is 3.59. The maximum Gasteiger partial charge on any atom is 0.0412 e. The number of aryl methyl sites for hydroxylation is 1. The van der Waals surface area contributed by atoms with E-state index in [-0.39, 0.29) is 0 Å². The molecule has 0 aromatic heterocycles. The van der Waals surface area contributed by atoms with E-state index in [4.69, 9.17) is 0 Å². The average Bonchev–Trinajstić information content (AvgIpc) is 2.86. The normalized spacial score (nSPS) is 19.4. The molecular weight excluding hydrogens is 232 g/mol. The molecule has 19 heavy (non-hydrogen) atoms. The second-order valence-electron chi connectivity index (χ2n) is 6.15. The summed E-state index contributed by atoms with van der Waals surface area (Å²) in [5.41, 5.74) is 4.25. The first-order chi connectivity index (χ1) is 9.11. The molecule has 1 atom stereocenters. The second kappa shape index (κ2) is 6.42. The molecule has 0 aliphatic carbocycles. The third-order valence-corrected chi connectivity index (χ3v) is 4.31. The van der Waals surface area contributed by atoms with Gasteiger partial charge in [-0.05, 0) is 43.4 Å². The predicted molar refractivity (Wildman–Crippen MR) is 83.7 cm³/mol. The Balaban J connectivity index is 2.15. The zero-order valence-electron chi connectivity index (χ0n) is 12.9. The van der Waals surface area contributed by atoms with Crippen molar-refractivity contribution in [2.24, 2.45) is 11.8 Å². The molecule has 0 radical (unpaired) electrons. The van der Waals surface area contributed by atoms with Crippen LogP contribution in [0.1, 0.15) is 38.3 Å². The van der Waals surface area contributed by atoms with Crippen molar-refractivity contribution in [3.8, 4) is 0 Å². The molecule has 2 nitrogen and oxygen atoms in total. The van der Waals surface area contributed by atoms with E-state index in [1.54, 1.807) is 0 Å². The van der Waals surface area contributed by atoms with Crippen molar-refractivity contribution in [3.05, 3.63) is 29.3 Å². The Morgan fingerprint density at radius 1 is 1.37 bits per heavy atom. The molecule has 1 aliphatic rings. The van der Waals surface area contributed by atoms with Crippen LogP contribution in [0, 0.1) is 18.8 Å². The van der Waals surface area contributed by atoms with E-state index >= 15 is 0 Å². The van der Waals surface area contributed by atoms with Gasteiger partial charge >= 0.3 is 0 Å². The Bertz CT molecular complexity index is 412. The molecule has 1 fully saturated rings. The number of anilines is 1. The first kappa shape index (κ1) is 14.4. The van der Waals surface area contributed by atoms with Gasteiger partial charge in [0.25, 0.3) is 0 Å².